The number of halogens is 2. The highest BCUT2D eigenvalue weighted by Crippen LogP contribution is 2.33. The number of rotatable bonds is 1. The van der Waals surface area contributed by atoms with Gasteiger partial charge in [0, 0.05) is 15.0 Å². The van der Waals surface area contributed by atoms with Crippen molar-refractivity contribution < 1.29 is 4.39 Å². The molecule has 0 aliphatic heterocycles. The van der Waals surface area contributed by atoms with E-state index in [0.29, 0.717) is 0 Å². The summed E-state index contributed by atoms with van der Waals surface area (Å²) in [5, 5.41) is 2.67. The molecule has 0 radical (unpaired) electrons. The van der Waals surface area contributed by atoms with Gasteiger partial charge in [0.2, 0.25) is 0 Å². The van der Waals surface area contributed by atoms with Crippen molar-refractivity contribution in [1.29, 1.82) is 0 Å². The first-order chi connectivity index (χ1) is 6.24. The Kier molecular flexibility index (Phi) is 2.80. The van der Waals surface area contributed by atoms with Crippen molar-refractivity contribution in [1.82, 2.24) is 0 Å². The van der Waals surface area contributed by atoms with Gasteiger partial charge in [0.05, 0.1) is 3.57 Å². The van der Waals surface area contributed by atoms with Crippen LogP contribution in [-0.4, -0.2) is 6.26 Å². The Balaban J connectivity index is 2.83. The summed E-state index contributed by atoms with van der Waals surface area (Å²) in [6.07, 6.45) is 1.97. The first-order valence-electron chi connectivity index (χ1n) is 3.63. The van der Waals surface area contributed by atoms with Crippen LogP contribution in [0.1, 0.15) is 0 Å². The van der Waals surface area contributed by atoms with Gasteiger partial charge < -0.3 is 0 Å². The number of hydrogen-bond acceptors (Lipinski definition) is 2. The Morgan fingerprint density at radius 3 is 3.00 bits per heavy atom. The summed E-state index contributed by atoms with van der Waals surface area (Å²) >= 11 is 5.23. The van der Waals surface area contributed by atoms with E-state index < -0.39 is 0 Å². The Morgan fingerprint density at radius 1 is 1.54 bits per heavy atom. The minimum atomic E-state index is -0.0799. The minimum Gasteiger partial charge on any atom is -0.205 e. The monoisotopic (exact) mass is 324 g/mol. The lowest BCUT2D eigenvalue weighted by Gasteiger charge is -2.02. The number of thiophene rings is 1. The minimum absolute atomic E-state index is 0.0799. The van der Waals surface area contributed by atoms with Gasteiger partial charge in [0.25, 0.3) is 0 Å². The predicted octanol–water partition coefficient (Wildman–Crippen LogP) is 4.37. The first-order valence-corrected chi connectivity index (χ1v) is 6.81. The largest absolute Gasteiger partial charge is 0.205 e. The smallest absolute Gasteiger partial charge is 0.146 e. The molecule has 0 spiro atoms. The molecule has 0 fully saturated rings. The van der Waals surface area contributed by atoms with Crippen LogP contribution < -0.4 is 0 Å². The van der Waals surface area contributed by atoms with Crippen LogP contribution in [0, 0.1) is 9.39 Å². The summed E-state index contributed by atoms with van der Waals surface area (Å²) in [6.45, 7) is 0. The second-order valence-electron chi connectivity index (χ2n) is 2.54. The van der Waals surface area contributed by atoms with Crippen molar-refractivity contribution in [2.24, 2.45) is 0 Å². The van der Waals surface area contributed by atoms with Crippen LogP contribution in [0.3, 0.4) is 0 Å². The molecule has 0 amide bonds. The molecule has 1 aromatic carbocycles. The zero-order valence-electron chi connectivity index (χ0n) is 6.80. The van der Waals surface area contributed by atoms with Gasteiger partial charge >= 0.3 is 0 Å². The van der Waals surface area contributed by atoms with Crippen molar-refractivity contribution in [2.75, 3.05) is 6.26 Å². The number of thioether (sulfide) groups is 1. The fourth-order valence-electron chi connectivity index (χ4n) is 1.17. The number of fused-ring (bicyclic) bond motifs is 1. The molecule has 1 aromatic heterocycles. The van der Waals surface area contributed by atoms with E-state index in [1.165, 1.54) is 0 Å². The van der Waals surface area contributed by atoms with Gasteiger partial charge in [-0.2, -0.15) is 0 Å². The molecule has 0 saturated heterocycles. The molecule has 0 bridgehead atoms. The standard InChI is InChI=1S/C9H6FIS2/c1-12-7-4-6-5(2-3-13-6)8(10)9(7)11/h2-4H,1H3. The molecule has 4 heteroatoms. The fourth-order valence-corrected chi connectivity index (χ4v) is 3.68. The van der Waals surface area contributed by atoms with Crippen molar-refractivity contribution in [3.63, 3.8) is 0 Å². The Labute approximate surface area is 97.7 Å². The lowest BCUT2D eigenvalue weighted by Crippen LogP contribution is -1.85. The molecule has 0 atom stereocenters. The zero-order chi connectivity index (χ0) is 9.42. The summed E-state index contributed by atoms with van der Waals surface area (Å²) in [5.41, 5.74) is 0. The molecule has 2 rings (SSSR count). The molecule has 0 unspecified atom stereocenters. The van der Waals surface area contributed by atoms with Gasteiger partial charge in [0.15, 0.2) is 0 Å². The van der Waals surface area contributed by atoms with Crippen LogP contribution in [0.15, 0.2) is 22.4 Å². The quantitative estimate of drug-likeness (QED) is 0.555. The van der Waals surface area contributed by atoms with Gasteiger partial charge in [-0.1, -0.05) is 0 Å². The third-order valence-electron chi connectivity index (χ3n) is 1.82. The summed E-state index contributed by atoms with van der Waals surface area (Å²) in [4.78, 5) is 1.02. The Hall–Kier alpha value is 0.190. The summed E-state index contributed by atoms with van der Waals surface area (Å²) < 4.78 is 15.4. The molecule has 0 N–H and O–H groups in total. The molecule has 13 heavy (non-hydrogen) atoms. The van der Waals surface area contributed by atoms with Crippen LogP contribution in [0.2, 0.25) is 0 Å². The molecule has 0 nitrogen and oxygen atoms in total. The van der Waals surface area contributed by atoms with E-state index in [1.54, 1.807) is 23.1 Å². The van der Waals surface area contributed by atoms with Crippen LogP contribution >= 0.6 is 45.7 Å². The van der Waals surface area contributed by atoms with E-state index in [2.05, 4.69) is 28.7 Å². The van der Waals surface area contributed by atoms with Crippen molar-refractivity contribution in [2.45, 2.75) is 4.90 Å². The van der Waals surface area contributed by atoms with Crippen LogP contribution in [0.25, 0.3) is 10.1 Å². The molecular formula is C9H6FIS2. The molecular weight excluding hydrogens is 318 g/mol. The summed E-state index contributed by atoms with van der Waals surface area (Å²) in [6, 6.07) is 3.89. The van der Waals surface area contributed by atoms with E-state index >= 15 is 0 Å². The number of benzene rings is 1. The van der Waals surface area contributed by atoms with Crippen LogP contribution in [0.4, 0.5) is 4.39 Å². The third kappa shape index (κ3) is 1.59. The highest BCUT2D eigenvalue weighted by atomic mass is 127. The molecule has 0 saturated carbocycles. The van der Waals surface area contributed by atoms with Gasteiger partial charge in [0.1, 0.15) is 5.82 Å². The second kappa shape index (κ2) is 3.74. The fraction of sp³-hybridized carbons (Fsp3) is 0.111. The summed E-state index contributed by atoms with van der Waals surface area (Å²) in [5.74, 6) is -0.0799. The second-order valence-corrected chi connectivity index (χ2v) is 5.41. The maximum absolute atomic E-state index is 13.7. The maximum atomic E-state index is 13.7. The average Bonchev–Trinajstić information content (AvgIpc) is 2.59. The average molecular weight is 324 g/mol. The van der Waals surface area contributed by atoms with E-state index in [9.17, 15) is 4.39 Å². The van der Waals surface area contributed by atoms with E-state index in [4.69, 9.17) is 0 Å². The highest BCUT2D eigenvalue weighted by molar-refractivity contribution is 14.1. The first kappa shape index (κ1) is 9.73. The Morgan fingerprint density at radius 2 is 2.31 bits per heavy atom. The zero-order valence-corrected chi connectivity index (χ0v) is 10.6. The molecule has 2 aromatic rings. The van der Waals surface area contributed by atoms with Gasteiger partial charge in [-0.15, -0.1) is 23.1 Å². The number of hydrogen-bond donors (Lipinski definition) is 0. The van der Waals surface area contributed by atoms with Gasteiger partial charge in [-0.05, 0) is 46.4 Å². The third-order valence-corrected chi connectivity index (χ3v) is 4.87. The Bertz CT molecular complexity index is 450. The lowest BCUT2D eigenvalue weighted by molar-refractivity contribution is 0.628. The highest BCUT2D eigenvalue weighted by Gasteiger charge is 2.10. The molecule has 0 aliphatic carbocycles. The predicted molar refractivity (Wildman–Crippen MR) is 66.3 cm³/mol. The molecule has 0 aliphatic rings. The topological polar surface area (TPSA) is 0 Å². The maximum Gasteiger partial charge on any atom is 0.146 e. The normalized spacial score (nSPS) is 11.0. The van der Waals surface area contributed by atoms with Crippen molar-refractivity contribution in [3.8, 4) is 0 Å². The van der Waals surface area contributed by atoms with Crippen molar-refractivity contribution >= 4 is 55.8 Å². The SMILES string of the molecule is CSc1cc2sccc2c(F)c1I. The lowest BCUT2D eigenvalue weighted by atomic mass is 10.2. The molecule has 68 valence electrons. The van der Waals surface area contributed by atoms with Crippen LogP contribution in [0.5, 0.6) is 0 Å². The van der Waals surface area contributed by atoms with E-state index in [-0.39, 0.29) is 5.82 Å². The van der Waals surface area contributed by atoms with Crippen molar-refractivity contribution in [3.05, 3.63) is 26.9 Å². The van der Waals surface area contributed by atoms with E-state index in [1.807, 2.05) is 17.7 Å². The van der Waals surface area contributed by atoms with Gasteiger partial charge in [-0.3, -0.25) is 0 Å². The van der Waals surface area contributed by atoms with Gasteiger partial charge in [-0.25, -0.2) is 4.39 Å². The summed E-state index contributed by atoms with van der Waals surface area (Å²) in [7, 11) is 0. The van der Waals surface area contributed by atoms with Crippen LogP contribution in [-0.2, 0) is 0 Å². The van der Waals surface area contributed by atoms with E-state index in [0.717, 1.165) is 18.6 Å². The molecule has 1 heterocycles.